The Kier molecular flexibility index (Phi) is 3.20. The topological polar surface area (TPSA) is 81.9 Å². The Bertz CT molecular complexity index is 546. The maximum atomic E-state index is 11.9. The number of hydrogen-bond donors (Lipinski definition) is 1. The molecule has 0 bridgehead atoms. The van der Waals surface area contributed by atoms with Gasteiger partial charge in [0.25, 0.3) is 5.91 Å². The van der Waals surface area contributed by atoms with Crippen LogP contribution in [0.5, 0.6) is 0 Å². The molecule has 2 heterocycles. The van der Waals surface area contributed by atoms with E-state index in [4.69, 9.17) is 4.74 Å². The summed E-state index contributed by atoms with van der Waals surface area (Å²) in [6, 6.07) is 7.29. The molecule has 0 aliphatic carbocycles. The third-order valence-electron chi connectivity index (χ3n) is 2.97. The van der Waals surface area contributed by atoms with Gasteiger partial charge in [-0.05, 0) is 47.5 Å². The van der Waals surface area contributed by atoms with Crippen molar-refractivity contribution < 1.29 is 9.53 Å². The summed E-state index contributed by atoms with van der Waals surface area (Å²) in [5.41, 5.74) is 1.57. The molecule has 0 radical (unpaired) electrons. The number of ether oxygens (including phenoxy) is 1. The maximum absolute atomic E-state index is 11.9. The van der Waals surface area contributed by atoms with Gasteiger partial charge in [0.05, 0.1) is 5.69 Å². The van der Waals surface area contributed by atoms with E-state index < -0.39 is 0 Å². The van der Waals surface area contributed by atoms with Crippen molar-refractivity contribution >= 4 is 11.6 Å². The number of carbonyl (C=O) groups is 1. The number of aromatic nitrogens is 4. The van der Waals surface area contributed by atoms with Gasteiger partial charge in [0, 0.05) is 12.3 Å². The molecule has 0 spiro atoms. The molecule has 1 amide bonds. The molecule has 1 atom stereocenters. The van der Waals surface area contributed by atoms with Gasteiger partial charge in [0.15, 0.2) is 0 Å². The predicted octanol–water partition coefficient (Wildman–Crippen LogP) is 0.780. The van der Waals surface area contributed by atoms with Crippen LogP contribution in [0.25, 0.3) is 5.69 Å². The second-order valence-electron chi connectivity index (χ2n) is 4.29. The minimum atomic E-state index is -0.320. The number of carbonyl (C=O) groups excluding carboxylic acids is 1. The van der Waals surface area contributed by atoms with Crippen LogP contribution < -0.4 is 5.32 Å². The lowest BCUT2D eigenvalue weighted by atomic mass is 10.2. The Morgan fingerprint density at radius 3 is 2.84 bits per heavy atom. The van der Waals surface area contributed by atoms with Crippen LogP contribution in [0.3, 0.4) is 0 Å². The summed E-state index contributed by atoms with van der Waals surface area (Å²) in [5.74, 6) is -0.0901. The Balaban J connectivity index is 1.67. The smallest absolute Gasteiger partial charge is 0.253 e. The van der Waals surface area contributed by atoms with Crippen molar-refractivity contribution in [2.24, 2.45) is 0 Å². The van der Waals surface area contributed by atoms with Crippen molar-refractivity contribution in [3.63, 3.8) is 0 Å². The lowest BCUT2D eigenvalue weighted by Gasteiger charge is -2.10. The van der Waals surface area contributed by atoms with E-state index >= 15 is 0 Å². The van der Waals surface area contributed by atoms with Crippen molar-refractivity contribution in [3.05, 3.63) is 30.6 Å². The van der Waals surface area contributed by atoms with Crippen LogP contribution in [-0.4, -0.2) is 38.8 Å². The number of anilines is 1. The SMILES string of the molecule is O=C(Nc1ccc(-n2cnnn2)cc1)[C@@H]1CCCO1. The highest BCUT2D eigenvalue weighted by molar-refractivity contribution is 5.94. The summed E-state index contributed by atoms with van der Waals surface area (Å²) in [6.45, 7) is 0.663. The summed E-state index contributed by atoms with van der Waals surface area (Å²) >= 11 is 0. The summed E-state index contributed by atoms with van der Waals surface area (Å²) in [4.78, 5) is 11.9. The number of nitrogens with zero attached hydrogens (tertiary/aromatic N) is 4. The third-order valence-corrected chi connectivity index (χ3v) is 2.97. The molecule has 98 valence electrons. The molecule has 1 N–H and O–H groups in total. The van der Waals surface area contributed by atoms with E-state index in [0.29, 0.717) is 6.61 Å². The minimum Gasteiger partial charge on any atom is -0.368 e. The third kappa shape index (κ3) is 2.60. The molecule has 1 aromatic heterocycles. The standard InChI is InChI=1S/C12H13N5O2/c18-12(11-2-1-7-19-11)14-9-3-5-10(6-4-9)17-8-13-15-16-17/h3-6,8,11H,1-2,7H2,(H,14,18)/t11-/m0/s1. The van der Waals surface area contributed by atoms with Crippen molar-refractivity contribution in [1.82, 2.24) is 20.2 Å². The van der Waals surface area contributed by atoms with Gasteiger partial charge in [-0.25, -0.2) is 4.68 Å². The van der Waals surface area contributed by atoms with Gasteiger partial charge in [0.2, 0.25) is 0 Å². The monoisotopic (exact) mass is 259 g/mol. The summed E-state index contributed by atoms with van der Waals surface area (Å²) < 4.78 is 6.87. The number of benzene rings is 1. The molecule has 0 saturated carbocycles. The Morgan fingerprint density at radius 1 is 1.37 bits per heavy atom. The first-order valence-electron chi connectivity index (χ1n) is 6.09. The lowest BCUT2D eigenvalue weighted by Crippen LogP contribution is -2.26. The van der Waals surface area contributed by atoms with Gasteiger partial charge < -0.3 is 10.1 Å². The van der Waals surface area contributed by atoms with Crippen molar-refractivity contribution in [2.45, 2.75) is 18.9 Å². The van der Waals surface area contributed by atoms with Gasteiger partial charge in [0.1, 0.15) is 12.4 Å². The van der Waals surface area contributed by atoms with Crippen LogP contribution in [-0.2, 0) is 9.53 Å². The summed E-state index contributed by atoms with van der Waals surface area (Å²) in [7, 11) is 0. The van der Waals surface area contributed by atoms with Crippen LogP contribution in [0.1, 0.15) is 12.8 Å². The van der Waals surface area contributed by atoms with Crippen LogP contribution in [0.2, 0.25) is 0 Å². The molecule has 1 fully saturated rings. The molecule has 7 heteroatoms. The van der Waals surface area contributed by atoms with Crippen molar-refractivity contribution in [2.75, 3.05) is 11.9 Å². The van der Waals surface area contributed by atoms with Crippen molar-refractivity contribution in [3.8, 4) is 5.69 Å². The Labute approximate surface area is 109 Å². The van der Waals surface area contributed by atoms with Gasteiger partial charge in [-0.1, -0.05) is 0 Å². The van der Waals surface area contributed by atoms with Gasteiger partial charge in [-0.15, -0.1) is 5.10 Å². The predicted molar refractivity (Wildman–Crippen MR) is 66.8 cm³/mol. The molecular weight excluding hydrogens is 246 g/mol. The van der Waals surface area contributed by atoms with E-state index in [1.165, 1.54) is 6.33 Å². The average Bonchev–Trinajstić information content (AvgIpc) is 3.13. The molecule has 1 aliphatic heterocycles. The fourth-order valence-corrected chi connectivity index (χ4v) is 1.98. The van der Waals surface area contributed by atoms with Gasteiger partial charge in [-0.3, -0.25) is 4.79 Å². The van der Waals surface area contributed by atoms with E-state index in [9.17, 15) is 4.79 Å². The van der Waals surface area contributed by atoms with Gasteiger partial charge in [-0.2, -0.15) is 0 Å². The largest absolute Gasteiger partial charge is 0.368 e. The number of nitrogens with one attached hydrogen (secondary N) is 1. The second-order valence-corrected chi connectivity index (χ2v) is 4.29. The van der Waals surface area contributed by atoms with E-state index in [2.05, 4.69) is 20.8 Å². The normalized spacial score (nSPS) is 18.4. The molecule has 7 nitrogen and oxygen atoms in total. The van der Waals surface area contributed by atoms with Crippen LogP contribution >= 0.6 is 0 Å². The minimum absolute atomic E-state index is 0.0901. The number of hydrogen-bond acceptors (Lipinski definition) is 5. The molecule has 1 saturated heterocycles. The zero-order valence-corrected chi connectivity index (χ0v) is 10.2. The molecule has 1 aliphatic rings. The summed E-state index contributed by atoms with van der Waals surface area (Å²) in [5, 5.41) is 13.8. The van der Waals surface area contributed by atoms with E-state index in [-0.39, 0.29) is 12.0 Å². The van der Waals surface area contributed by atoms with Crippen molar-refractivity contribution in [1.29, 1.82) is 0 Å². The maximum Gasteiger partial charge on any atom is 0.253 e. The number of rotatable bonds is 3. The molecular formula is C12H13N5O2. The Hall–Kier alpha value is -2.28. The lowest BCUT2D eigenvalue weighted by molar-refractivity contribution is -0.124. The first-order chi connectivity index (χ1) is 9.33. The highest BCUT2D eigenvalue weighted by Crippen LogP contribution is 2.16. The van der Waals surface area contributed by atoms with E-state index in [1.807, 2.05) is 24.3 Å². The number of amides is 1. The quantitative estimate of drug-likeness (QED) is 0.880. The Morgan fingerprint density at radius 2 is 2.21 bits per heavy atom. The molecule has 3 rings (SSSR count). The first-order valence-corrected chi connectivity index (χ1v) is 6.09. The van der Waals surface area contributed by atoms with Crippen LogP contribution in [0, 0.1) is 0 Å². The fraction of sp³-hybridized carbons (Fsp3) is 0.333. The van der Waals surface area contributed by atoms with Crippen LogP contribution in [0.4, 0.5) is 5.69 Å². The summed E-state index contributed by atoms with van der Waals surface area (Å²) in [6.07, 6.45) is 2.92. The highest BCUT2D eigenvalue weighted by atomic mass is 16.5. The zero-order valence-electron chi connectivity index (χ0n) is 10.2. The molecule has 2 aromatic rings. The van der Waals surface area contributed by atoms with Gasteiger partial charge >= 0.3 is 0 Å². The second kappa shape index (κ2) is 5.15. The van der Waals surface area contributed by atoms with E-state index in [1.54, 1.807) is 4.68 Å². The molecule has 0 unspecified atom stereocenters. The number of tetrazole rings is 1. The zero-order chi connectivity index (χ0) is 13.1. The van der Waals surface area contributed by atoms with Crippen LogP contribution in [0.15, 0.2) is 30.6 Å². The highest BCUT2D eigenvalue weighted by Gasteiger charge is 2.23. The van der Waals surface area contributed by atoms with E-state index in [0.717, 1.165) is 24.2 Å². The molecule has 1 aromatic carbocycles. The fourth-order valence-electron chi connectivity index (χ4n) is 1.98. The first kappa shape index (κ1) is 11.8. The molecule has 19 heavy (non-hydrogen) atoms. The average molecular weight is 259 g/mol.